The maximum Gasteiger partial charge on any atom is 0.251 e. The number of nitrogens with one attached hydrogen (secondary N) is 2. The predicted octanol–water partition coefficient (Wildman–Crippen LogP) is 4.05. The number of nitrogen functional groups attached to an aromatic ring is 1. The number of aromatic nitrogens is 2. The van der Waals surface area contributed by atoms with Gasteiger partial charge in [-0.15, -0.1) is 0 Å². The number of likely N-dealkylation sites (N-methyl/N-ethyl adjacent to an activating group) is 1. The average molecular weight is 473 g/mol. The van der Waals surface area contributed by atoms with Crippen LogP contribution in [-0.2, 0) is 0 Å². The quantitative estimate of drug-likeness (QED) is 0.313. The molecular formula is C26H28N6O3. The Bertz CT molecular complexity index is 1340. The topological polar surface area (TPSA) is 115 Å². The van der Waals surface area contributed by atoms with Crippen LogP contribution in [0.15, 0.2) is 66.9 Å². The summed E-state index contributed by atoms with van der Waals surface area (Å²) >= 11 is 0. The lowest BCUT2D eigenvalue weighted by atomic mass is 10.1. The first-order valence-electron chi connectivity index (χ1n) is 11.1. The largest absolute Gasteiger partial charge is 0.497 e. The van der Waals surface area contributed by atoms with Crippen molar-refractivity contribution in [1.29, 1.82) is 0 Å². The first-order chi connectivity index (χ1) is 16.9. The van der Waals surface area contributed by atoms with E-state index in [9.17, 15) is 4.79 Å². The van der Waals surface area contributed by atoms with Crippen molar-refractivity contribution in [3.8, 4) is 17.4 Å². The summed E-state index contributed by atoms with van der Waals surface area (Å²) < 4.78 is 11.4. The Labute approximate surface area is 203 Å². The highest BCUT2D eigenvalue weighted by atomic mass is 16.5. The molecule has 35 heavy (non-hydrogen) atoms. The van der Waals surface area contributed by atoms with Gasteiger partial charge in [0.1, 0.15) is 11.5 Å². The van der Waals surface area contributed by atoms with Gasteiger partial charge in [-0.1, -0.05) is 24.3 Å². The Hall–Kier alpha value is -4.37. The third kappa shape index (κ3) is 5.96. The summed E-state index contributed by atoms with van der Waals surface area (Å²) in [4.78, 5) is 23.4. The van der Waals surface area contributed by atoms with Gasteiger partial charge in [-0.05, 0) is 38.4 Å². The highest BCUT2D eigenvalue weighted by Gasteiger charge is 2.12. The Morgan fingerprint density at radius 1 is 1.06 bits per heavy atom. The van der Waals surface area contributed by atoms with Crippen LogP contribution in [0, 0.1) is 0 Å². The first kappa shape index (κ1) is 23.8. The second-order valence-electron chi connectivity index (χ2n) is 8.15. The van der Waals surface area contributed by atoms with Crippen molar-refractivity contribution < 1.29 is 14.3 Å². The summed E-state index contributed by atoms with van der Waals surface area (Å²) in [6.45, 7) is 1.28. The minimum atomic E-state index is -0.193. The van der Waals surface area contributed by atoms with Crippen LogP contribution < -0.4 is 25.8 Å². The van der Waals surface area contributed by atoms with Gasteiger partial charge in [-0.2, -0.15) is 4.98 Å². The Kier molecular flexibility index (Phi) is 7.27. The molecule has 0 saturated heterocycles. The number of ether oxygens (including phenoxy) is 2. The first-order valence-corrected chi connectivity index (χ1v) is 11.1. The molecule has 9 nitrogen and oxygen atoms in total. The molecule has 0 radical (unpaired) electrons. The number of benzene rings is 3. The fourth-order valence-electron chi connectivity index (χ4n) is 3.50. The fraction of sp³-hybridized carbons (Fsp3) is 0.192. The zero-order valence-electron chi connectivity index (χ0n) is 19.9. The van der Waals surface area contributed by atoms with E-state index in [0.717, 1.165) is 17.3 Å². The number of hydrogen-bond donors (Lipinski definition) is 3. The van der Waals surface area contributed by atoms with Crippen molar-refractivity contribution >= 4 is 34.0 Å². The molecular weight excluding hydrogens is 444 g/mol. The highest BCUT2D eigenvalue weighted by molar-refractivity contribution is 5.97. The van der Waals surface area contributed by atoms with E-state index in [1.165, 1.54) is 0 Å². The lowest BCUT2D eigenvalue weighted by Crippen LogP contribution is -2.31. The molecule has 0 unspecified atom stereocenters. The molecule has 180 valence electrons. The maximum absolute atomic E-state index is 12.6. The average Bonchev–Trinajstić information content (AvgIpc) is 2.85. The number of carbonyl (C=O) groups excluding carboxylic acids is 1. The van der Waals surface area contributed by atoms with Gasteiger partial charge in [0, 0.05) is 59.1 Å². The van der Waals surface area contributed by atoms with Crippen LogP contribution in [0.1, 0.15) is 10.4 Å². The van der Waals surface area contributed by atoms with Gasteiger partial charge < -0.3 is 30.7 Å². The number of rotatable bonds is 9. The van der Waals surface area contributed by atoms with Crippen molar-refractivity contribution in [3.05, 3.63) is 72.4 Å². The van der Waals surface area contributed by atoms with Gasteiger partial charge in [0.25, 0.3) is 5.91 Å². The van der Waals surface area contributed by atoms with Crippen molar-refractivity contribution in [1.82, 2.24) is 20.2 Å². The van der Waals surface area contributed by atoms with Gasteiger partial charge in [0.15, 0.2) is 0 Å². The number of nitrogens with two attached hydrogens (primary N) is 1. The number of nitrogens with zero attached hydrogens (tertiary/aromatic N) is 3. The summed E-state index contributed by atoms with van der Waals surface area (Å²) in [7, 11) is 5.45. The minimum Gasteiger partial charge on any atom is -0.497 e. The van der Waals surface area contributed by atoms with Crippen LogP contribution in [0.2, 0.25) is 0 Å². The van der Waals surface area contributed by atoms with E-state index in [-0.39, 0.29) is 5.91 Å². The lowest BCUT2D eigenvalue weighted by molar-refractivity contribution is 0.0950. The second kappa shape index (κ2) is 10.7. The molecule has 4 rings (SSSR count). The van der Waals surface area contributed by atoms with Gasteiger partial charge in [-0.25, -0.2) is 4.98 Å². The normalized spacial score (nSPS) is 10.9. The molecule has 0 bridgehead atoms. The van der Waals surface area contributed by atoms with Crippen molar-refractivity contribution in [2.24, 2.45) is 0 Å². The van der Waals surface area contributed by atoms with Crippen LogP contribution in [0.4, 0.5) is 17.3 Å². The SMILES string of the molecule is COc1cc(Nc2nccc(Oc3ccc(N)c4ccccc34)n2)cc(C(=O)NCCN(C)C)c1. The molecule has 4 N–H and O–H groups in total. The van der Waals surface area contributed by atoms with Gasteiger partial charge in [0.05, 0.1) is 7.11 Å². The summed E-state index contributed by atoms with van der Waals surface area (Å²) in [6.07, 6.45) is 1.60. The zero-order chi connectivity index (χ0) is 24.8. The standard InChI is InChI=1S/C26H28N6O3/c1-32(2)13-12-28-25(33)17-14-18(16-19(15-17)34-3)30-26-29-11-10-24(31-26)35-23-9-8-22(27)20-6-4-5-7-21(20)23/h4-11,14-16H,12-13,27H2,1-3H3,(H,28,33)(H,29,30,31). The summed E-state index contributed by atoms with van der Waals surface area (Å²) in [5.41, 5.74) is 7.84. The molecule has 0 fully saturated rings. The monoisotopic (exact) mass is 472 g/mol. The van der Waals surface area contributed by atoms with Crippen LogP contribution in [0.3, 0.4) is 0 Å². The van der Waals surface area contributed by atoms with E-state index >= 15 is 0 Å². The molecule has 3 aromatic carbocycles. The molecule has 0 atom stereocenters. The van der Waals surface area contributed by atoms with Gasteiger partial charge >= 0.3 is 0 Å². The smallest absolute Gasteiger partial charge is 0.251 e. The Morgan fingerprint density at radius 3 is 2.63 bits per heavy atom. The predicted molar refractivity (Wildman–Crippen MR) is 138 cm³/mol. The van der Waals surface area contributed by atoms with Crippen LogP contribution >= 0.6 is 0 Å². The minimum absolute atomic E-state index is 0.193. The molecule has 0 aliphatic rings. The third-order valence-electron chi connectivity index (χ3n) is 5.27. The van der Waals surface area contributed by atoms with E-state index in [2.05, 4.69) is 20.6 Å². The van der Waals surface area contributed by atoms with Gasteiger partial charge in [0.2, 0.25) is 11.8 Å². The number of methoxy groups -OCH3 is 1. The lowest BCUT2D eigenvalue weighted by Gasteiger charge is -2.13. The van der Waals surface area contributed by atoms with Crippen LogP contribution in [-0.4, -0.2) is 55.1 Å². The van der Waals surface area contributed by atoms with E-state index in [1.54, 1.807) is 43.6 Å². The molecule has 1 aromatic heterocycles. The molecule has 1 amide bonds. The molecule has 1 heterocycles. The number of fused-ring (bicyclic) bond motifs is 1. The number of carbonyl (C=O) groups is 1. The molecule has 0 aliphatic carbocycles. The molecule has 0 aliphatic heterocycles. The van der Waals surface area contributed by atoms with Gasteiger partial charge in [-0.3, -0.25) is 4.79 Å². The third-order valence-corrected chi connectivity index (χ3v) is 5.27. The van der Waals surface area contributed by atoms with Crippen molar-refractivity contribution in [2.45, 2.75) is 0 Å². The van der Waals surface area contributed by atoms with E-state index in [1.807, 2.05) is 49.3 Å². The molecule has 0 saturated carbocycles. The van der Waals surface area contributed by atoms with Crippen molar-refractivity contribution in [3.63, 3.8) is 0 Å². The van der Waals surface area contributed by atoms with Crippen molar-refractivity contribution in [2.75, 3.05) is 45.3 Å². The number of amides is 1. The zero-order valence-corrected chi connectivity index (χ0v) is 19.9. The van der Waals surface area contributed by atoms with E-state index < -0.39 is 0 Å². The molecule has 4 aromatic rings. The summed E-state index contributed by atoms with van der Waals surface area (Å²) in [6, 6.07) is 18.2. The second-order valence-corrected chi connectivity index (χ2v) is 8.15. The maximum atomic E-state index is 12.6. The van der Waals surface area contributed by atoms with Crippen LogP contribution in [0.5, 0.6) is 17.4 Å². The van der Waals surface area contributed by atoms with Crippen LogP contribution in [0.25, 0.3) is 10.8 Å². The van der Waals surface area contributed by atoms with E-state index in [0.29, 0.717) is 46.8 Å². The highest BCUT2D eigenvalue weighted by Crippen LogP contribution is 2.33. The number of anilines is 3. The Morgan fingerprint density at radius 2 is 1.86 bits per heavy atom. The van der Waals surface area contributed by atoms with E-state index in [4.69, 9.17) is 15.2 Å². The Balaban J connectivity index is 1.54. The molecule has 9 heteroatoms. The molecule has 0 spiro atoms. The fourth-order valence-corrected chi connectivity index (χ4v) is 3.50. The number of hydrogen-bond acceptors (Lipinski definition) is 8. The summed E-state index contributed by atoms with van der Waals surface area (Å²) in [5.74, 6) is 1.66. The summed E-state index contributed by atoms with van der Waals surface area (Å²) in [5, 5.41) is 7.83.